The highest BCUT2D eigenvalue weighted by Gasteiger charge is 2.20. The Hall–Kier alpha value is -2.24. The quantitative estimate of drug-likeness (QED) is 0.509. The van der Waals surface area contributed by atoms with Crippen molar-refractivity contribution in [3.05, 3.63) is 37.2 Å². The van der Waals surface area contributed by atoms with E-state index >= 15 is 0 Å². The molecule has 8 nitrogen and oxygen atoms in total. The van der Waals surface area contributed by atoms with Crippen LogP contribution in [0.1, 0.15) is 45.5 Å². The summed E-state index contributed by atoms with van der Waals surface area (Å²) in [4.78, 5) is 50.5. The van der Waals surface area contributed by atoms with E-state index < -0.39 is 11.2 Å². The van der Waals surface area contributed by atoms with Crippen LogP contribution in [0.2, 0.25) is 0 Å². The van der Waals surface area contributed by atoms with Crippen LogP contribution < -0.4 is 10.9 Å². The second-order valence-corrected chi connectivity index (χ2v) is 10.1. The van der Waals surface area contributed by atoms with Gasteiger partial charge < -0.3 is 15.0 Å². The van der Waals surface area contributed by atoms with Gasteiger partial charge in [0.2, 0.25) is 5.91 Å². The van der Waals surface area contributed by atoms with Crippen LogP contribution >= 0.6 is 34.4 Å². The number of hydrogen-bond donors (Lipinski definition) is 2. The number of anilines is 1. The number of nitrogens with one attached hydrogen (secondary N) is 2. The fourth-order valence-corrected chi connectivity index (χ4v) is 5.36. The van der Waals surface area contributed by atoms with Crippen molar-refractivity contribution in [3.63, 3.8) is 0 Å². The standard InChI is InChI=1S/C19H22N4O4S3/c1-6-27-18(26)14-9(3)20-19(30-14)23-15(24)11(5)28-7-12-21-16(25)13-8(2)10(4)29-17(13)22-12/h11H,6-7H2,1-5H3,(H,20,23,24)(H,21,22,25). The Morgan fingerprint density at radius 1 is 1.23 bits per heavy atom. The Balaban J connectivity index is 1.64. The molecule has 1 unspecified atom stereocenters. The monoisotopic (exact) mass is 466 g/mol. The molecule has 2 N–H and O–H groups in total. The maximum atomic E-state index is 12.5. The number of fused-ring (bicyclic) bond motifs is 1. The molecular weight excluding hydrogens is 444 g/mol. The molecule has 0 spiro atoms. The van der Waals surface area contributed by atoms with E-state index in [4.69, 9.17) is 4.74 Å². The maximum absolute atomic E-state index is 12.5. The van der Waals surface area contributed by atoms with Crippen molar-refractivity contribution in [2.24, 2.45) is 0 Å². The molecule has 30 heavy (non-hydrogen) atoms. The van der Waals surface area contributed by atoms with E-state index in [0.717, 1.165) is 21.8 Å². The van der Waals surface area contributed by atoms with Gasteiger partial charge in [-0.25, -0.2) is 14.8 Å². The summed E-state index contributed by atoms with van der Waals surface area (Å²) >= 11 is 3.94. The molecule has 3 aromatic rings. The highest BCUT2D eigenvalue weighted by atomic mass is 32.2. The predicted octanol–water partition coefficient (Wildman–Crippen LogP) is 3.80. The summed E-state index contributed by atoms with van der Waals surface area (Å²) in [5.74, 6) is 0.240. The first-order chi connectivity index (χ1) is 14.2. The number of H-pyrrole nitrogens is 1. The summed E-state index contributed by atoms with van der Waals surface area (Å²) in [6.45, 7) is 9.36. The normalized spacial score (nSPS) is 12.2. The average Bonchev–Trinajstić information content (AvgIpc) is 3.19. The van der Waals surface area contributed by atoms with E-state index in [1.807, 2.05) is 13.8 Å². The molecule has 0 radical (unpaired) electrons. The van der Waals surface area contributed by atoms with Gasteiger partial charge in [-0.05, 0) is 40.2 Å². The summed E-state index contributed by atoms with van der Waals surface area (Å²) in [5.41, 5.74) is 1.32. The number of aromatic amines is 1. The van der Waals surface area contributed by atoms with Crippen LogP contribution in [0.15, 0.2) is 4.79 Å². The van der Waals surface area contributed by atoms with E-state index in [1.54, 1.807) is 20.8 Å². The number of thiophene rings is 1. The van der Waals surface area contributed by atoms with Gasteiger partial charge in [-0.2, -0.15) is 0 Å². The molecule has 3 aromatic heterocycles. The van der Waals surface area contributed by atoms with Crippen LogP contribution in [0.3, 0.4) is 0 Å². The number of hydrogen-bond acceptors (Lipinski definition) is 9. The van der Waals surface area contributed by atoms with E-state index in [9.17, 15) is 14.4 Å². The van der Waals surface area contributed by atoms with E-state index in [2.05, 4.69) is 20.3 Å². The molecule has 0 aliphatic heterocycles. The van der Waals surface area contributed by atoms with Crippen LogP contribution in [0.25, 0.3) is 10.2 Å². The van der Waals surface area contributed by atoms with Crippen molar-refractivity contribution < 1.29 is 14.3 Å². The molecule has 0 aliphatic rings. The lowest BCUT2D eigenvalue weighted by atomic mass is 10.2. The van der Waals surface area contributed by atoms with Gasteiger partial charge in [0.1, 0.15) is 15.5 Å². The number of nitrogens with zero attached hydrogens (tertiary/aromatic N) is 2. The zero-order chi connectivity index (χ0) is 22.0. The lowest BCUT2D eigenvalue weighted by Gasteiger charge is -2.10. The van der Waals surface area contributed by atoms with Gasteiger partial charge in [0, 0.05) is 4.88 Å². The zero-order valence-corrected chi connectivity index (χ0v) is 19.7. The second-order valence-electron chi connectivity index (χ2n) is 6.57. The predicted molar refractivity (Wildman–Crippen MR) is 122 cm³/mol. The van der Waals surface area contributed by atoms with Crippen molar-refractivity contribution in [2.75, 3.05) is 11.9 Å². The number of aryl methyl sites for hydroxylation is 3. The molecule has 0 bridgehead atoms. The van der Waals surface area contributed by atoms with E-state index in [0.29, 0.717) is 37.5 Å². The highest BCUT2D eigenvalue weighted by molar-refractivity contribution is 7.99. The number of thioether (sulfide) groups is 1. The number of carbonyl (C=O) groups excluding carboxylic acids is 2. The lowest BCUT2D eigenvalue weighted by Crippen LogP contribution is -2.23. The van der Waals surface area contributed by atoms with Crippen molar-refractivity contribution in [2.45, 2.75) is 45.6 Å². The summed E-state index contributed by atoms with van der Waals surface area (Å²) < 4.78 is 4.99. The lowest BCUT2D eigenvalue weighted by molar-refractivity contribution is -0.115. The molecular formula is C19H22N4O4S3. The number of amides is 1. The van der Waals surface area contributed by atoms with Crippen LogP contribution in [-0.2, 0) is 15.3 Å². The number of aromatic nitrogens is 3. The largest absolute Gasteiger partial charge is 0.462 e. The Labute approximate surface area is 185 Å². The Morgan fingerprint density at radius 3 is 2.67 bits per heavy atom. The summed E-state index contributed by atoms with van der Waals surface area (Å²) in [6, 6.07) is 0. The van der Waals surface area contributed by atoms with Crippen molar-refractivity contribution >= 4 is 61.7 Å². The van der Waals surface area contributed by atoms with Gasteiger partial charge >= 0.3 is 5.97 Å². The Bertz CT molecular complexity index is 1160. The highest BCUT2D eigenvalue weighted by Crippen LogP contribution is 2.27. The molecule has 3 heterocycles. The number of esters is 1. The third-order valence-electron chi connectivity index (χ3n) is 4.41. The van der Waals surface area contributed by atoms with Gasteiger partial charge in [-0.1, -0.05) is 11.3 Å². The van der Waals surface area contributed by atoms with Gasteiger partial charge in [0.05, 0.1) is 28.7 Å². The van der Waals surface area contributed by atoms with Gasteiger partial charge in [0.15, 0.2) is 5.13 Å². The summed E-state index contributed by atoms with van der Waals surface area (Å²) in [5, 5.41) is 3.31. The smallest absolute Gasteiger partial charge is 0.350 e. The molecule has 0 saturated carbocycles. The second kappa shape index (κ2) is 9.27. The van der Waals surface area contributed by atoms with E-state index in [-0.39, 0.29) is 18.1 Å². The van der Waals surface area contributed by atoms with Crippen molar-refractivity contribution in [1.29, 1.82) is 0 Å². The van der Waals surface area contributed by atoms with E-state index in [1.165, 1.54) is 23.1 Å². The van der Waals surface area contributed by atoms with Gasteiger partial charge in [0.25, 0.3) is 5.56 Å². The van der Waals surface area contributed by atoms with Crippen LogP contribution in [-0.4, -0.2) is 38.7 Å². The first-order valence-electron chi connectivity index (χ1n) is 9.27. The minimum Gasteiger partial charge on any atom is -0.462 e. The van der Waals surface area contributed by atoms with Gasteiger partial charge in [-0.15, -0.1) is 23.1 Å². The molecule has 0 saturated heterocycles. The number of ether oxygens (including phenoxy) is 1. The summed E-state index contributed by atoms with van der Waals surface area (Å²) in [6.07, 6.45) is 0. The topological polar surface area (TPSA) is 114 Å². The minimum absolute atomic E-state index is 0.153. The van der Waals surface area contributed by atoms with Gasteiger partial charge in [-0.3, -0.25) is 9.59 Å². The van der Waals surface area contributed by atoms with Crippen LogP contribution in [0.4, 0.5) is 5.13 Å². The minimum atomic E-state index is -0.445. The third kappa shape index (κ3) is 4.73. The Morgan fingerprint density at radius 2 is 1.97 bits per heavy atom. The van der Waals surface area contributed by atoms with Crippen molar-refractivity contribution in [1.82, 2.24) is 15.0 Å². The molecule has 160 valence electrons. The Kier molecular flexibility index (Phi) is 6.94. The molecule has 0 fully saturated rings. The molecule has 1 amide bonds. The SMILES string of the molecule is CCOC(=O)c1sc(NC(=O)C(C)SCc2nc3sc(C)c(C)c3c(=O)[nH]2)nc1C. The molecule has 1 atom stereocenters. The van der Waals surface area contributed by atoms with Crippen molar-refractivity contribution in [3.8, 4) is 0 Å². The maximum Gasteiger partial charge on any atom is 0.350 e. The molecule has 11 heteroatoms. The molecule has 0 aliphatic carbocycles. The number of carbonyl (C=O) groups is 2. The average molecular weight is 467 g/mol. The summed E-state index contributed by atoms with van der Waals surface area (Å²) in [7, 11) is 0. The van der Waals surface area contributed by atoms with Crippen LogP contribution in [0, 0.1) is 20.8 Å². The fraction of sp³-hybridized carbons (Fsp3) is 0.421. The molecule has 0 aromatic carbocycles. The first kappa shape index (κ1) is 22.4. The number of rotatable bonds is 7. The van der Waals surface area contributed by atoms with Crippen LogP contribution in [0.5, 0.6) is 0 Å². The zero-order valence-electron chi connectivity index (χ0n) is 17.2. The third-order valence-corrected chi connectivity index (χ3v) is 7.72. The molecule has 3 rings (SSSR count). The first-order valence-corrected chi connectivity index (χ1v) is 11.9. The number of thiazole rings is 1. The fourth-order valence-electron chi connectivity index (χ4n) is 2.69.